The van der Waals surface area contributed by atoms with E-state index in [0.29, 0.717) is 0 Å². The molecule has 1 aliphatic carbocycles. The summed E-state index contributed by atoms with van der Waals surface area (Å²) in [5.74, 6) is 0. The zero-order chi connectivity index (χ0) is 23.6. The molecule has 7 aromatic carbocycles. The van der Waals surface area contributed by atoms with Crippen LogP contribution in [0.1, 0.15) is 0 Å². The van der Waals surface area contributed by atoms with E-state index in [1.165, 1.54) is 76.8 Å². The van der Waals surface area contributed by atoms with Crippen LogP contribution in [0.3, 0.4) is 0 Å². The molecule has 0 saturated heterocycles. The molecule has 0 radical (unpaired) electrons. The van der Waals surface area contributed by atoms with Gasteiger partial charge >= 0.3 is 0 Å². The first kappa shape index (κ1) is 19.6. The number of hydrogen-bond acceptors (Lipinski definition) is 0. The fourth-order valence-corrected chi connectivity index (χ4v) is 6.35. The van der Waals surface area contributed by atoms with Crippen molar-refractivity contribution in [1.82, 2.24) is 0 Å². The highest BCUT2D eigenvalue weighted by atomic mass is 14.3. The Morgan fingerprint density at radius 3 is 1.44 bits per heavy atom. The molecule has 0 aliphatic heterocycles. The molecule has 8 rings (SSSR count). The molecule has 36 heavy (non-hydrogen) atoms. The van der Waals surface area contributed by atoms with Gasteiger partial charge in [-0.1, -0.05) is 127 Å². The normalized spacial score (nSPS) is 11.9. The molecule has 0 amide bonds. The fourth-order valence-electron chi connectivity index (χ4n) is 6.35. The first-order valence-electron chi connectivity index (χ1n) is 12.5. The predicted molar refractivity (Wildman–Crippen MR) is 154 cm³/mol. The Labute approximate surface area is 210 Å². The molecule has 166 valence electrons. The molecule has 1 aliphatic rings. The van der Waals surface area contributed by atoms with Crippen LogP contribution in [-0.2, 0) is 0 Å². The summed E-state index contributed by atoms with van der Waals surface area (Å²) in [6.45, 7) is 0. The predicted octanol–water partition coefficient (Wildman–Crippen LogP) is 10.1. The van der Waals surface area contributed by atoms with Gasteiger partial charge in [-0.15, -0.1) is 0 Å². The summed E-state index contributed by atoms with van der Waals surface area (Å²) < 4.78 is 0. The standard InChI is InChI=1S/C36H22/c1-3-12-23(13-4-1)32-28-18-9-10-19-29(28)33(24-14-5-2-6-15-24)36-31-22-25-16-7-8-17-26(25)27-20-11-21-30(34(27)31)35(32)36/h1-22H. The van der Waals surface area contributed by atoms with E-state index in [9.17, 15) is 0 Å². The van der Waals surface area contributed by atoms with Crippen LogP contribution in [0.5, 0.6) is 0 Å². The minimum atomic E-state index is 1.26. The van der Waals surface area contributed by atoms with Gasteiger partial charge in [0.25, 0.3) is 0 Å². The third-order valence-electron chi connectivity index (χ3n) is 7.76. The van der Waals surface area contributed by atoms with Crippen molar-refractivity contribution < 1.29 is 0 Å². The third kappa shape index (κ3) is 2.59. The van der Waals surface area contributed by atoms with E-state index in [4.69, 9.17) is 0 Å². The van der Waals surface area contributed by atoms with E-state index < -0.39 is 0 Å². The molecule has 7 aromatic rings. The summed E-state index contributed by atoms with van der Waals surface area (Å²) >= 11 is 0. The van der Waals surface area contributed by atoms with Gasteiger partial charge in [-0.2, -0.15) is 0 Å². The summed E-state index contributed by atoms with van der Waals surface area (Å²) in [6.07, 6.45) is 0. The number of fused-ring (bicyclic) bond motifs is 6. The topological polar surface area (TPSA) is 0 Å². The van der Waals surface area contributed by atoms with Crippen molar-refractivity contribution in [3.63, 3.8) is 0 Å². The van der Waals surface area contributed by atoms with Gasteiger partial charge in [0.15, 0.2) is 0 Å². The summed E-state index contributed by atoms with van der Waals surface area (Å²) in [7, 11) is 0. The maximum atomic E-state index is 2.42. The van der Waals surface area contributed by atoms with Crippen molar-refractivity contribution in [2.75, 3.05) is 0 Å². The van der Waals surface area contributed by atoms with E-state index in [2.05, 4.69) is 133 Å². The van der Waals surface area contributed by atoms with Crippen LogP contribution in [0.2, 0.25) is 0 Å². The van der Waals surface area contributed by atoms with Crippen LogP contribution < -0.4 is 0 Å². The highest BCUT2D eigenvalue weighted by Crippen LogP contribution is 2.58. The van der Waals surface area contributed by atoms with E-state index in [1.807, 2.05) is 0 Å². The highest BCUT2D eigenvalue weighted by Gasteiger charge is 2.30. The average Bonchev–Trinajstić information content (AvgIpc) is 3.27. The van der Waals surface area contributed by atoms with Crippen LogP contribution in [0.15, 0.2) is 133 Å². The summed E-state index contributed by atoms with van der Waals surface area (Å²) in [5.41, 5.74) is 10.6. The van der Waals surface area contributed by atoms with Gasteiger partial charge in [0.2, 0.25) is 0 Å². The zero-order valence-electron chi connectivity index (χ0n) is 19.7. The van der Waals surface area contributed by atoms with Gasteiger partial charge < -0.3 is 0 Å². The second kappa shape index (κ2) is 7.41. The molecule has 0 bridgehead atoms. The summed E-state index contributed by atoms with van der Waals surface area (Å²) in [4.78, 5) is 0. The Kier molecular flexibility index (Phi) is 4.03. The van der Waals surface area contributed by atoms with Crippen molar-refractivity contribution in [2.24, 2.45) is 0 Å². The second-order valence-corrected chi connectivity index (χ2v) is 9.65. The minimum absolute atomic E-state index is 1.26. The van der Waals surface area contributed by atoms with Gasteiger partial charge in [-0.3, -0.25) is 0 Å². The Balaban J connectivity index is 1.67. The van der Waals surface area contributed by atoms with Gasteiger partial charge in [0.05, 0.1) is 0 Å². The molecule has 0 spiro atoms. The summed E-state index contributed by atoms with van der Waals surface area (Å²) in [6, 6.07) is 48.8. The Morgan fingerprint density at radius 1 is 0.306 bits per heavy atom. The average molecular weight is 455 g/mol. The molecule has 0 heterocycles. The number of benzene rings is 7. The van der Waals surface area contributed by atoms with Crippen LogP contribution >= 0.6 is 0 Å². The fraction of sp³-hybridized carbons (Fsp3) is 0. The van der Waals surface area contributed by atoms with E-state index in [1.54, 1.807) is 0 Å². The quantitative estimate of drug-likeness (QED) is 0.228. The first-order chi connectivity index (χ1) is 17.9. The molecule has 0 N–H and O–H groups in total. The molecule has 0 nitrogen and oxygen atoms in total. The molecule has 0 unspecified atom stereocenters. The molecule has 0 atom stereocenters. The molecule has 0 fully saturated rings. The van der Waals surface area contributed by atoms with Gasteiger partial charge in [0, 0.05) is 0 Å². The molecular formula is C36H22. The van der Waals surface area contributed by atoms with Crippen molar-refractivity contribution in [3.8, 4) is 44.5 Å². The lowest BCUT2D eigenvalue weighted by Gasteiger charge is -2.20. The molecule has 0 saturated carbocycles. The van der Waals surface area contributed by atoms with E-state index in [-0.39, 0.29) is 0 Å². The third-order valence-corrected chi connectivity index (χ3v) is 7.76. The van der Waals surface area contributed by atoms with Crippen LogP contribution in [-0.4, -0.2) is 0 Å². The molecular weight excluding hydrogens is 432 g/mol. The van der Waals surface area contributed by atoms with Gasteiger partial charge in [0.1, 0.15) is 0 Å². The van der Waals surface area contributed by atoms with Crippen molar-refractivity contribution in [1.29, 1.82) is 0 Å². The van der Waals surface area contributed by atoms with Crippen molar-refractivity contribution in [3.05, 3.63) is 133 Å². The zero-order valence-corrected chi connectivity index (χ0v) is 19.7. The van der Waals surface area contributed by atoms with Crippen molar-refractivity contribution >= 4 is 32.3 Å². The number of hydrogen-bond donors (Lipinski definition) is 0. The first-order valence-corrected chi connectivity index (χ1v) is 12.5. The lowest BCUT2D eigenvalue weighted by Crippen LogP contribution is -1.93. The van der Waals surface area contributed by atoms with E-state index >= 15 is 0 Å². The molecule has 0 aromatic heterocycles. The Morgan fingerprint density at radius 2 is 0.806 bits per heavy atom. The van der Waals surface area contributed by atoms with Crippen LogP contribution in [0.4, 0.5) is 0 Å². The number of rotatable bonds is 2. The Hall–Kier alpha value is -4.68. The largest absolute Gasteiger partial charge is 0.0622 e. The van der Waals surface area contributed by atoms with Crippen molar-refractivity contribution in [2.45, 2.75) is 0 Å². The van der Waals surface area contributed by atoms with Crippen LogP contribution in [0, 0.1) is 0 Å². The highest BCUT2D eigenvalue weighted by molar-refractivity contribution is 6.30. The Bertz CT molecular complexity index is 1960. The van der Waals surface area contributed by atoms with Gasteiger partial charge in [-0.25, -0.2) is 0 Å². The minimum Gasteiger partial charge on any atom is -0.0622 e. The maximum Gasteiger partial charge on any atom is -0.000719 e. The smallest absolute Gasteiger partial charge is 0.000719 e. The lowest BCUT2D eigenvalue weighted by molar-refractivity contribution is 1.62. The van der Waals surface area contributed by atoms with E-state index in [0.717, 1.165) is 0 Å². The lowest BCUT2D eigenvalue weighted by atomic mass is 9.82. The molecule has 0 heteroatoms. The van der Waals surface area contributed by atoms with Gasteiger partial charge in [-0.05, 0) is 82.9 Å². The SMILES string of the molecule is c1ccc(-c2c3c(c(-c4ccccc4)c4ccccc24)-c2cc4ccccc4c4cccc-3c24)cc1. The summed E-state index contributed by atoms with van der Waals surface area (Å²) in [5, 5.41) is 7.91. The van der Waals surface area contributed by atoms with Crippen LogP contribution in [0.25, 0.3) is 76.8 Å². The monoisotopic (exact) mass is 454 g/mol. The maximum absolute atomic E-state index is 2.42. The second-order valence-electron chi connectivity index (χ2n) is 9.65.